The number of aliphatic carboxylic acids is 1. The number of anilines is 1. The highest BCUT2D eigenvalue weighted by atomic mass is 19.2. The van der Waals surface area contributed by atoms with E-state index in [4.69, 9.17) is 4.74 Å². The van der Waals surface area contributed by atoms with Gasteiger partial charge in [-0.3, -0.25) is 9.78 Å². The van der Waals surface area contributed by atoms with E-state index in [9.17, 15) is 27.5 Å². The molecule has 0 spiro atoms. The average molecular weight is 566 g/mol. The van der Waals surface area contributed by atoms with E-state index >= 15 is 4.39 Å². The molecule has 6 nitrogen and oxygen atoms in total. The maximum atomic E-state index is 15.8. The summed E-state index contributed by atoms with van der Waals surface area (Å²) in [7, 11) is 1.49. The SMILES string of the molecule is COc1ccc2ncc(CF)c([C@@H](F)CCC3(CC(=O)O)CCN(CCNc4cc(F)c(F)c(F)c4)CC3)c2c1. The van der Waals surface area contributed by atoms with E-state index in [0.717, 1.165) is 12.1 Å². The average Bonchev–Trinajstić information content (AvgIpc) is 2.94. The number of aromatic nitrogens is 1. The van der Waals surface area contributed by atoms with Gasteiger partial charge in [-0.2, -0.15) is 0 Å². The number of piperidine rings is 1. The summed E-state index contributed by atoms with van der Waals surface area (Å²) in [4.78, 5) is 18.1. The highest BCUT2D eigenvalue weighted by Gasteiger charge is 2.37. The number of carbonyl (C=O) groups is 1. The summed E-state index contributed by atoms with van der Waals surface area (Å²) in [6, 6.07) is 6.79. The molecule has 11 heteroatoms. The van der Waals surface area contributed by atoms with Crippen molar-refractivity contribution in [2.24, 2.45) is 5.41 Å². The highest BCUT2D eigenvalue weighted by Crippen LogP contribution is 2.43. The quantitative estimate of drug-likeness (QED) is 0.191. The molecule has 3 aromatic rings. The van der Waals surface area contributed by atoms with E-state index in [0.29, 0.717) is 62.1 Å². The summed E-state index contributed by atoms with van der Waals surface area (Å²) < 4.78 is 74.9. The number of alkyl halides is 2. The number of nitrogens with zero attached hydrogens (tertiary/aromatic N) is 2. The first-order valence-corrected chi connectivity index (χ1v) is 13.1. The van der Waals surface area contributed by atoms with Crippen LogP contribution in [0, 0.1) is 22.9 Å². The van der Waals surface area contributed by atoms with Gasteiger partial charge in [-0.05, 0) is 62.4 Å². The maximum absolute atomic E-state index is 15.8. The summed E-state index contributed by atoms with van der Waals surface area (Å²) in [5.41, 5.74) is 0.387. The lowest BCUT2D eigenvalue weighted by Crippen LogP contribution is -2.43. The van der Waals surface area contributed by atoms with Gasteiger partial charge in [0.1, 0.15) is 18.6 Å². The number of fused-ring (bicyclic) bond motifs is 1. The Bertz CT molecular complexity index is 1320. The Morgan fingerprint density at radius 3 is 2.50 bits per heavy atom. The predicted molar refractivity (Wildman–Crippen MR) is 141 cm³/mol. The van der Waals surface area contributed by atoms with Gasteiger partial charge in [0.2, 0.25) is 0 Å². The van der Waals surface area contributed by atoms with Crippen LogP contribution in [0.4, 0.5) is 27.6 Å². The van der Waals surface area contributed by atoms with Crippen LogP contribution in [-0.4, -0.2) is 54.2 Å². The molecule has 0 bridgehead atoms. The first-order chi connectivity index (χ1) is 19.1. The zero-order chi connectivity index (χ0) is 28.9. The van der Waals surface area contributed by atoms with Crippen LogP contribution in [0.3, 0.4) is 0 Å². The number of carboxylic acid groups (broad SMARTS) is 1. The Kier molecular flexibility index (Phi) is 9.44. The number of hydrogen-bond donors (Lipinski definition) is 2. The van der Waals surface area contributed by atoms with Crippen LogP contribution in [-0.2, 0) is 11.5 Å². The molecule has 0 aliphatic carbocycles. The van der Waals surface area contributed by atoms with Crippen molar-refractivity contribution in [2.45, 2.75) is 45.0 Å². The molecule has 0 unspecified atom stereocenters. The molecule has 40 heavy (non-hydrogen) atoms. The van der Waals surface area contributed by atoms with Crippen molar-refractivity contribution in [3.8, 4) is 5.75 Å². The van der Waals surface area contributed by atoms with Gasteiger partial charge in [0.05, 0.1) is 19.0 Å². The Labute approximate surface area is 229 Å². The van der Waals surface area contributed by atoms with Crippen LogP contribution in [0.15, 0.2) is 36.5 Å². The van der Waals surface area contributed by atoms with Gasteiger partial charge >= 0.3 is 5.97 Å². The van der Waals surface area contributed by atoms with E-state index in [-0.39, 0.29) is 29.7 Å². The Balaban J connectivity index is 1.40. The highest BCUT2D eigenvalue weighted by molar-refractivity contribution is 5.85. The molecule has 1 aliphatic heterocycles. The van der Waals surface area contributed by atoms with Crippen molar-refractivity contribution >= 4 is 22.6 Å². The zero-order valence-corrected chi connectivity index (χ0v) is 22.2. The number of hydrogen-bond acceptors (Lipinski definition) is 5. The molecular weight excluding hydrogens is 533 g/mol. The van der Waals surface area contributed by atoms with Gasteiger partial charge in [0.25, 0.3) is 0 Å². The van der Waals surface area contributed by atoms with Crippen molar-refractivity contribution < 1.29 is 36.6 Å². The fourth-order valence-corrected chi connectivity index (χ4v) is 5.52. The second kappa shape index (κ2) is 12.8. The second-order valence-corrected chi connectivity index (χ2v) is 10.3. The molecule has 0 amide bonds. The third-order valence-corrected chi connectivity index (χ3v) is 7.77. The van der Waals surface area contributed by atoms with Crippen molar-refractivity contribution in [1.82, 2.24) is 9.88 Å². The van der Waals surface area contributed by atoms with E-state index in [1.165, 1.54) is 13.3 Å². The largest absolute Gasteiger partial charge is 0.497 e. The van der Waals surface area contributed by atoms with Gasteiger partial charge in [-0.25, -0.2) is 22.0 Å². The van der Waals surface area contributed by atoms with Crippen LogP contribution in [0.5, 0.6) is 5.75 Å². The lowest BCUT2D eigenvalue weighted by atomic mass is 9.71. The minimum atomic E-state index is -1.52. The minimum Gasteiger partial charge on any atom is -0.497 e. The maximum Gasteiger partial charge on any atom is 0.303 e. The van der Waals surface area contributed by atoms with Gasteiger partial charge < -0.3 is 20.1 Å². The van der Waals surface area contributed by atoms with E-state index < -0.39 is 41.7 Å². The number of pyridine rings is 1. The van der Waals surface area contributed by atoms with Crippen molar-refractivity contribution in [3.63, 3.8) is 0 Å². The topological polar surface area (TPSA) is 74.7 Å². The molecule has 2 heterocycles. The van der Waals surface area contributed by atoms with E-state index in [1.54, 1.807) is 18.2 Å². The van der Waals surface area contributed by atoms with Crippen molar-refractivity contribution in [3.05, 3.63) is 65.1 Å². The van der Waals surface area contributed by atoms with Crippen LogP contribution in [0.25, 0.3) is 10.9 Å². The third-order valence-electron chi connectivity index (χ3n) is 7.77. The fraction of sp³-hybridized carbons (Fsp3) is 0.448. The number of likely N-dealkylation sites (tertiary alicyclic amines) is 1. The van der Waals surface area contributed by atoms with Gasteiger partial charge in [0, 0.05) is 53.6 Å². The molecular formula is C29H32F5N3O3. The predicted octanol–water partition coefficient (Wildman–Crippen LogP) is 6.59. The van der Waals surface area contributed by atoms with Crippen molar-refractivity contribution in [2.75, 3.05) is 38.6 Å². The van der Waals surface area contributed by atoms with Crippen molar-refractivity contribution in [1.29, 1.82) is 0 Å². The number of carboxylic acids is 1. The number of nitrogens with one attached hydrogen (secondary N) is 1. The van der Waals surface area contributed by atoms with E-state index in [1.807, 2.05) is 0 Å². The molecule has 2 aromatic carbocycles. The van der Waals surface area contributed by atoms with Gasteiger partial charge in [-0.15, -0.1) is 0 Å². The van der Waals surface area contributed by atoms with Crippen LogP contribution in [0.1, 0.15) is 49.4 Å². The molecule has 1 atom stereocenters. The molecule has 1 aromatic heterocycles. The molecule has 216 valence electrons. The smallest absolute Gasteiger partial charge is 0.303 e. The molecule has 1 saturated heterocycles. The normalized spacial score (nSPS) is 16.1. The van der Waals surface area contributed by atoms with Crippen LogP contribution in [0.2, 0.25) is 0 Å². The summed E-state index contributed by atoms with van der Waals surface area (Å²) in [5.74, 6) is -4.54. The molecule has 4 rings (SSSR count). The molecule has 1 aliphatic rings. The lowest BCUT2D eigenvalue weighted by molar-refractivity contribution is -0.141. The first kappa shape index (κ1) is 29.5. The second-order valence-electron chi connectivity index (χ2n) is 10.3. The molecule has 0 radical (unpaired) electrons. The fourth-order valence-electron chi connectivity index (χ4n) is 5.52. The number of methoxy groups -OCH3 is 1. The zero-order valence-electron chi connectivity index (χ0n) is 22.2. The summed E-state index contributed by atoms with van der Waals surface area (Å²) in [5, 5.41) is 13.0. The first-order valence-electron chi connectivity index (χ1n) is 13.1. The Morgan fingerprint density at radius 1 is 1.18 bits per heavy atom. The molecule has 2 N–H and O–H groups in total. The minimum absolute atomic E-state index is 0.0276. The Morgan fingerprint density at radius 2 is 1.88 bits per heavy atom. The Hall–Kier alpha value is -3.47. The summed E-state index contributed by atoms with van der Waals surface area (Å²) in [6.07, 6.45) is 1.08. The number of benzene rings is 2. The van der Waals surface area contributed by atoms with Gasteiger partial charge in [-0.1, -0.05) is 0 Å². The lowest BCUT2D eigenvalue weighted by Gasteiger charge is -2.41. The van der Waals surface area contributed by atoms with E-state index in [2.05, 4.69) is 15.2 Å². The molecule has 0 saturated carbocycles. The van der Waals surface area contributed by atoms with Gasteiger partial charge in [0.15, 0.2) is 17.5 Å². The summed E-state index contributed by atoms with van der Waals surface area (Å²) in [6.45, 7) is 1.09. The number of ether oxygens (including phenoxy) is 1. The van der Waals surface area contributed by atoms with Crippen LogP contribution >= 0.6 is 0 Å². The molecule has 1 fully saturated rings. The summed E-state index contributed by atoms with van der Waals surface area (Å²) >= 11 is 0. The van der Waals surface area contributed by atoms with Crippen LogP contribution < -0.4 is 10.1 Å². The standard InChI is InChI=1S/C29H32F5N3O3/c1-40-20-2-3-25-21(14-20)27(18(16-30)17-36-25)22(31)4-5-29(15-26(38)39)6-9-37(10-7-29)11-8-35-19-12-23(32)28(34)24(33)13-19/h2-3,12-14,17,22,35H,4-11,15-16H2,1H3,(H,38,39)/t22-/m0/s1. The third kappa shape index (κ3) is 6.80. The number of rotatable bonds is 12. The number of halogens is 5. The monoisotopic (exact) mass is 565 g/mol.